The SMILES string of the molecule is Oc1ccc(CCNc2nc(Br)cn3ccnc23)cc1. The van der Waals surface area contributed by atoms with E-state index in [1.807, 2.05) is 28.9 Å². The number of aromatic nitrogens is 3. The molecular weight excluding hydrogens is 320 g/mol. The van der Waals surface area contributed by atoms with E-state index in [1.165, 1.54) is 0 Å². The van der Waals surface area contributed by atoms with Crippen LogP contribution >= 0.6 is 15.9 Å². The number of anilines is 1. The molecule has 0 spiro atoms. The molecule has 102 valence electrons. The van der Waals surface area contributed by atoms with Crippen molar-refractivity contribution in [3.63, 3.8) is 0 Å². The van der Waals surface area contributed by atoms with Crippen LogP contribution in [0.4, 0.5) is 5.82 Å². The minimum atomic E-state index is 0.287. The second-order valence-electron chi connectivity index (χ2n) is 4.41. The van der Waals surface area contributed by atoms with Gasteiger partial charge in [0.05, 0.1) is 0 Å². The van der Waals surface area contributed by atoms with Gasteiger partial charge in [0.1, 0.15) is 10.4 Å². The second kappa shape index (κ2) is 5.50. The van der Waals surface area contributed by atoms with Gasteiger partial charge in [-0.05, 0) is 40.0 Å². The summed E-state index contributed by atoms with van der Waals surface area (Å²) in [6.45, 7) is 0.747. The number of hydrogen-bond donors (Lipinski definition) is 2. The number of aromatic hydroxyl groups is 1. The van der Waals surface area contributed by atoms with E-state index in [-0.39, 0.29) is 5.75 Å². The number of halogens is 1. The average Bonchev–Trinajstić information content (AvgIpc) is 2.89. The topological polar surface area (TPSA) is 62.5 Å². The second-order valence-corrected chi connectivity index (χ2v) is 5.23. The lowest BCUT2D eigenvalue weighted by Gasteiger charge is -2.07. The summed E-state index contributed by atoms with van der Waals surface area (Å²) in [5, 5.41) is 12.5. The Morgan fingerprint density at radius 1 is 1.25 bits per heavy atom. The van der Waals surface area contributed by atoms with Crippen molar-refractivity contribution in [1.29, 1.82) is 0 Å². The molecule has 0 amide bonds. The zero-order valence-electron chi connectivity index (χ0n) is 10.6. The smallest absolute Gasteiger partial charge is 0.180 e. The van der Waals surface area contributed by atoms with Crippen LogP contribution in [0, 0.1) is 0 Å². The molecule has 2 N–H and O–H groups in total. The van der Waals surface area contributed by atoms with Gasteiger partial charge in [-0.2, -0.15) is 0 Å². The van der Waals surface area contributed by atoms with Crippen LogP contribution < -0.4 is 5.32 Å². The summed E-state index contributed by atoms with van der Waals surface area (Å²) in [5.41, 5.74) is 1.96. The summed E-state index contributed by atoms with van der Waals surface area (Å²) in [7, 11) is 0. The maximum absolute atomic E-state index is 9.24. The van der Waals surface area contributed by atoms with E-state index in [2.05, 4.69) is 31.2 Å². The molecule has 2 aromatic heterocycles. The van der Waals surface area contributed by atoms with E-state index < -0.39 is 0 Å². The van der Waals surface area contributed by atoms with Crippen molar-refractivity contribution in [3.05, 3.63) is 53.0 Å². The van der Waals surface area contributed by atoms with Crippen LogP contribution in [0.25, 0.3) is 5.65 Å². The number of imidazole rings is 1. The third-order valence-corrected chi connectivity index (χ3v) is 3.37. The minimum Gasteiger partial charge on any atom is -0.508 e. The zero-order chi connectivity index (χ0) is 13.9. The summed E-state index contributed by atoms with van der Waals surface area (Å²) < 4.78 is 2.68. The van der Waals surface area contributed by atoms with Crippen molar-refractivity contribution in [2.75, 3.05) is 11.9 Å². The van der Waals surface area contributed by atoms with Crippen LogP contribution in [-0.4, -0.2) is 26.0 Å². The van der Waals surface area contributed by atoms with Crippen molar-refractivity contribution < 1.29 is 5.11 Å². The van der Waals surface area contributed by atoms with Crippen LogP contribution in [0.5, 0.6) is 5.75 Å². The van der Waals surface area contributed by atoms with Crippen molar-refractivity contribution in [2.45, 2.75) is 6.42 Å². The van der Waals surface area contributed by atoms with E-state index in [4.69, 9.17) is 0 Å². The summed E-state index contributed by atoms with van der Waals surface area (Å²) >= 11 is 3.39. The van der Waals surface area contributed by atoms with Crippen LogP contribution in [-0.2, 0) is 6.42 Å². The molecule has 3 aromatic rings. The molecule has 0 atom stereocenters. The van der Waals surface area contributed by atoms with Gasteiger partial charge >= 0.3 is 0 Å². The predicted molar refractivity (Wildman–Crippen MR) is 81.0 cm³/mol. The van der Waals surface area contributed by atoms with Gasteiger partial charge in [-0.1, -0.05) is 12.1 Å². The number of phenolic OH excluding ortho intramolecular Hbond substituents is 1. The Balaban J connectivity index is 1.70. The van der Waals surface area contributed by atoms with Gasteiger partial charge in [0.15, 0.2) is 11.5 Å². The van der Waals surface area contributed by atoms with E-state index >= 15 is 0 Å². The fourth-order valence-electron chi connectivity index (χ4n) is 2.01. The largest absolute Gasteiger partial charge is 0.508 e. The van der Waals surface area contributed by atoms with Gasteiger partial charge < -0.3 is 14.8 Å². The van der Waals surface area contributed by atoms with E-state index in [0.29, 0.717) is 0 Å². The highest BCUT2D eigenvalue weighted by Gasteiger charge is 2.05. The standard InChI is InChI=1S/C14H13BrN4O/c15-12-9-19-8-7-17-14(19)13(18-12)16-6-5-10-1-3-11(20)4-2-10/h1-4,7-9,20H,5-6H2,(H,16,18). The summed E-state index contributed by atoms with van der Waals surface area (Å²) in [4.78, 5) is 8.68. The maximum Gasteiger partial charge on any atom is 0.180 e. The number of nitrogens with zero attached hydrogens (tertiary/aromatic N) is 3. The molecule has 0 aliphatic rings. The molecule has 1 aromatic carbocycles. The summed E-state index contributed by atoms with van der Waals surface area (Å²) in [6.07, 6.45) is 6.34. The molecule has 0 saturated carbocycles. The van der Waals surface area contributed by atoms with Crippen LogP contribution in [0.15, 0.2) is 47.5 Å². The highest BCUT2D eigenvalue weighted by Crippen LogP contribution is 2.17. The van der Waals surface area contributed by atoms with Crippen LogP contribution in [0.3, 0.4) is 0 Å². The first-order valence-corrected chi connectivity index (χ1v) is 7.03. The molecular formula is C14H13BrN4O. The first-order valence-electron chi connectivity index (χ1n) is 6.23. The Morgan fingerprint density at radius 2 is 2.05 bits per heavy atom. The monoisotopic (exact) mass is 332 g/mol. The lowest BCUT2D eigenvalue weighted by atomic mass is 10.1. The number of hydrogen-bond acceptors (Lipinski definition) is 4. The van der Waals surface area contributed by atoms with Crippen molar-refractivity contribution in [3.8, 4) is 5.75 Å². The Bertz CT molecular complexity index is 724. The van der Waals surface area contributed by atoms with Crippen LogP contribution in [0.1, 0.15) is 5.56 Å². The Kier molecular flexibility index (Phi) is 3.56. The fraction of sp³-hybridized carbons (Fsp3) is 0.143. The highest BCUT2D eigenvalue weighted by molar-refractivity contribution is 9.10. The first-order chi connectivity index (χ1) is 9.72. The van der Waals surface area contributed by atoms with E-state index in [1.54, 1.807) is 18.3 Å². The first kappa shape index (κ1) is 12.9. The molecule has 2 heterocycles. The van der Waals surface area contributed by atoms with Gasteiger partial charge in [0.2, 0.25) is 0 Å². The zero-order valence-corrected chi connectivity index (χ0v) is 12.2. The number of phenols is 1. The van der Waals surface area contributed by atoms with E-state index in [9.17, 15) is 5.11 Å². The number of fused-ring (bicyclic) bond motifs is 1. The lowest BCUT2D eigenvalue weighted by molar-refractivity contribution is 0.475. The molecule has 0 bridgehead atoms. The molecule has 6 heteroatoms. The molecule has 0 aliphatic heterocycles. The van der Waals surface area contributed by atoms with Crippen molar-refractivity contribution in [1.82, 2.24) is 14.4 Å². The lowest BCUT2D eigenvalue weighted by Crippen LogP contribution is -2.08. The normalized spacial score (nSPS) is 10.8. The molecule has 5 nitrogen and oxygen atoms in total. The van der Waals surface area contributed by atoms with Gasteiger partial charge in [0.25, 0.3) is 0 Å². The summed E-state index contributed by atoms with van der Waals surface area (Å²) in [6, 6.07) is 7.21. The molecule has 0 fully saturated rings. The summed E-state index contributed by atoms with van der Waals surface area (Å²) in [5.74, 6) is 1.04. The molecule has 0 saturated heterocycles. The average molecular weight is 333 g/mol. The van der Waals surface area contributed by atoms with Gasteiger partial charge in [-0.3, -0.25) is 0 Å². The highest BCUT2D eigenvalue weighted by atomic mass is 79.9. The number of benzene rings is 1. The van der Waals surface area contributed by atoms with E-state index in [0.717, 1.165) is 34.6 Å². The molecule has 0 aliphatic carbocycles. The maximum atomic E-state index is 9.24. The third-order valence-electron chi connectivity index (χ3n) is 2.99. The Morgan fingerprint density at radius 3 is 2.85 bits per heavy atom. The van der Waals surface area contributed by atoms with Crippen molar-refractivity contribution in [2.24, 2.45) is 0 Å². The molecule has 0 radical (unpaired) electrons. The predicted octanol–water partition coefficient (Wildman–Crippen LogP) is 2.85. The van der Waals surface area contributed by atoms with Crippen molar-refractivity contribution >= 4 is 27.4 Å². The number of rotatable bonds is 4. The van der Waals surface area contributed by atoms with Gasteiger partial charge in [-0.15, -0.1) is 0 Å². The molecule has 3 rings (SSSR count). The molecule has 0 unspecified atom stereocenters. The Labute approximate surface area is 124 Å². The minimum absolute atomic E-state index is 0.287. The number of nitrogens with one attached hydrogen (secondary N) is 1. The Hall–Kier alpha value is -2.08. The van der Waals surface area contributed by atoms with Gasteiger partial charge in [0, 0.05) is 25.1 Å². The van der Waals surface area contributed by atoms with Gasteiger partial charge in [-0.25, -0.2) is 9.97 Å². The third kappa shape index (κ3) is 2.75. The fourth-order valence-corrected chi connectivity index (χ4v) is 2.41. The molecule has 20 heavy (non-hydrogen) atoms. The van der Waals surface area contributed by atoms with Crippen LogP contribution in [0.2, 0.25) is 0 Å². The quantitative estimate of drug-likeness (QED) is 0.771.